The molecular weight excluding hydrogens is 484 g/mol. The average Bonchev–Trinajstić information content (AvgIpc) is 3.40. The van der Waals surface area contributed by atoms with E-state index in [1.165, 1.54) is 36.4 Å². The molecule has 0 fully saturated rings. The number of fused-ring (bicyclic) bond motifs is 1. The molecule has 0 saturated carbocycles. The Hall–Kier alpha value is -3.71. The number of aromatic nitrogens is 1. The van der Waals surface area contributed by atoms with Crippen molar-refractivity contribution < 1.29 is 27.3 Å². The van der Waals surface area contributed by atoms with Crippen LogP contribution in [-0.4, -0.2) is 22.0 Å². The fourth-order valence-electron chi connectivity index (χ4n) is 2.74. The van der Waals surface area contributed by atoms with Gasteiger partial charge in [-0.25, -0.2) is 9.37 Å². The van der Waals surface area contributed by atoms with E-state index in [2.05, 4.69) is 10.1 Å². The molecule has 0 radical (unpaired) electrons. The second-order valence-corrected chi connectivity index (χ2v) is 8.58. The highest BCUT2D eigenvalue weighted by molar-refractivity contribution is 7.22. The number of alkyl halides is 3. The Kier molecular flexibility index (Phi) is 5.91. The van der Waals surface area contributed by atoms with Crippen LogP contribution in [0.15, 0.2) is 59.7 Å². The number of nitrogens with zero attached hydrogens (tertiary/aromatic N) is 4. The van der Waals surface area contributed by atoms with Crippen molar-refractivity contribution in [3.05, 3.63) is 86.5 Å². The molecule has 0 unspecified atom stereocenters. The molecule has 7 nitrogen and oxygen atoms in total. The zero-order valence-electron chi connectivity index (χ0n) is 16.1. The highest BCUT2D eigenvalue weighted by Gasteiger charge is 2.32. The minimum absolute atomic E-state index is 0.0136. The lowest BCUT2D eigenvalue weighted by Gasteiger charge is -2.15. The Morgan fingerprint density at radius 3 is 2.61 bits per heavy atom. The molecule has 0 atom stereocenters. The van der Waals surface area contributed by atoms with Gasteiger partial charge in [0.15, 0.2) is 0 Å². The number of halogens is 4. The van der Waals surface area contributed by atoms with Crippen molar-refractivity contribution in [1.29, 1.82) is 0 Å². The molecule has 2 aromatic heterocycles. The third kappa shape index (κ3) is 4.88. The van der Waals surface area contributed by atoms with Crippen molar-refractivity contribution in [1.82, 2.24) is 4.98 Å². The number of benzene rings is 2. The largest absolute Gasteiger partial charge is 0.416 e. The number of nitro groups is 1. The maximum atomic E-state index is 13.6. The summed E-state index contributed by atoms with van der Waals surface area (Å²) >= 11 is 1.71. The molecule has 13 heteroatoms. The van der Waals surface area contributed by atoms with Gasteiger partial charge in [-0.05, 0) is 42.5 Å². The van der Waals surface area contributed by atoms with Gasteiger partial charge in [-0.2, -0.15) is 23.3 Å². The third-order valence-electron chi connectivity index (χ3n) is 4.24. The van der Waals surface area contributed by atoms with Crippen LogP contribution in [0, 0.1) is 15.9 Å². The van der Waals surface area contributed by atoms with Gasteiger partial charge in [-0.15, -0.1) is 0 Å². The summed E-state index contributed by atoms with van der Waals surface area (Å²) in [5.74, 6) is -1.44. The summed E-state index contributed by atoms with van der Waals surface area (Å²) in [5, 5.41) is 15.5. The molecule has 0 bridgehead atoms. The Morgan fingerprint density at radius 2 is 1.91 bits per heavy atom. The summed E-state index contributed by atoms with van der Waals surface area (Å²) in [6.07, 6.45) is -3.50. The number of thiazole rings is 1. The van der Waals surface area contributed by atoms with Crippen LogP contribution in [0.1, 0.15) is 20.8 Å². The van der Waals surface area contributed by atoms with E-state index in [4.69, 9.17) is 0 Å². The molecule has 4 rings (SSSR count). The lowest BCUT2D eigenvalue weighted by molar-refractivity contribution is -0.380. The molecule has 2 heterocycles. The second kappa shape index (κ2) is 8.67. The molecule has 0 N–H and O–H groups in total. The Labute approximate surface area is 190 Å². The number of amides is 1. The van der Waals surface area contributed by atoms with E-state index in [0.29, 0.717) is 21.2 Å². The SMILES string of the molecule is O=C(c1cccc(C(F)(F)F)c1)N(/N=C/c1ccc([N+](=O)[O-])s1)c1nc2ccc(F)cc2s1. The first kappa shape index (κ1) is 22.5. The van der Waals surface area contributed by atoms with Crippen molar-refractivity contribution in [2.75, 3.05) is 5.01 Å². The fraction of sp³-hybridized carbons (Fsp3) is 0.0500. The van der Waals surface area contributed by atoms with Crippen LogP contribution in [0.3, 0.4) is 0 Å². The number of thiophene rings is 1. The maximum Gasteiger partial charge on any atom is 0.416 e. The van der Waals surface area contributed by atoms with Crippen LogP contribution in [0.5, 0.6) is 0 Å². The van der Waals surface area contributed by atoms with E-state index >= 15 is 0 Å². The van der Waals surface area contributed by atoms with Crippen LogP contribution >= 0.6 is 22.7 Å². The van der Waals surface area contributed by atoms with E-state index in [1.54, 1.807) is 0 Å². The van der Waals surface area contributed by atoms with E-state index in [0.717, 1.165) is 46.0 Å². The van der Waals surface area contributed by atoms with Crippen molar-refractivity contribution in [3.63, 3.8) is 0 Å². The lowest BCUT2D eigenvalue weighted by atomic mass is 10.1. The van der Waals surface area contributed by atoms with Gasteiger partial charge in [0.25, 0.3) is 5.91 Å². The first-order chi connectivity index (χ1) is 15.6. The average molecular weight is 494 g/mol. The second-order valence-electron chi connectivity index (χ2n) is 6.48. The number of hydrogen-bond donors (Lipinski definition) is 0. The number of rotatable bonds is 5. The maximum absolute atomic E-state index is 13.6. The molecule has 0 aliphatic rings. The first-order valence-corrected chi connectivity index (χ1v) is 10.6. The number of anilines is 1. The van der Waals surface area contributed by atoms with Crippen LogP contribution < -0.4 is 5.01 Å². The highest BCUT2D eigenvalue weighted by Crippen LogP contribution is 2.33. The van der Waals surface area contributed by atoms with Crippen molar-refractivity contribution in [2.24, 2.45) is 5.10 Å². The van der Waals surface area contributed by atoms with Crippen LogP contribution in [0.2, 0.25) is 0 Å². The van der Waals surface area contributed by atoms with Crippen molar-refractivity contribution in [3.8, 4) is 0 Å². The van der Waals surface area contributed by atoms with Gasteiger partial charge in [0.1, 0.15) is 5.82 Å². The molecule has 0 aliphatic heterocycles. The molecule has 4 aromatic rings. The molecule has 168 valence electrons. The van der Waals surface area contributed by atoms with Gasteiger partial charge in [-0.1, -0.05) is 28.7 Å². The summed E-state index contributed by atoms with van der Waals surface area (Å²) < 4.78 is 53.3. The molecule has 33 heavy (non-hydrogen) atoms. The van der Waals surface area contributed by atoms with Crippen LogP contribution in [-0.2, 0) is 6.18 Å². The molecular formula is C20H10F4N4O3S2. The smallest absolute Gasteiger partial charge is 0.267 e. The summed E-state index contributed by atoms with van der Waals surface area (Å²) in [7, 11) is 0. The zero-order chi connectivity index (χ0) is 23.8. The van der Waals surface area contributed by atoms with Gasteiger partial charge in [0, 0.05) is 11.6 Å². The molecule has 0 spiro atoms. The molecule has 2 aromatic carbocycles. The minimum Gasteiger partial charge on any atom is -0.267 e. The zero-order valence-corrected chi connectivity index (χ0v) is 17.7. The summed E-state index contributed by atoms with van der Waals surface area (Å²) in [6.45, 7) is 0. The van der Waals surface area contributed by atoms with E-state index in [-0.39, 0.29) is 15.7 Å². The van der Waals surface area contributed by atoms with Crippen LogP contribution in [0.25, 0.3) is 10.2 Å². The van der Waals surface area contributed by atoms with Gasteiger partial charge >= 0.3 is 11.2 Å². The summed E-state index contributed by atoms with van der Waals surface area (Å²) in [6, 6.07) is 10.2. The van der Waals surface area contributed by atoms with E-state index < -0.39 is 28.4 Å². The van der Waals surface area contributed by atoms with Gasteiger partial charge in [0.05, 0.1) is 31.8 Å². The molecule has 1 amide bonds. The Morgan fingerprint density at radius 1 is 1.12 bits per heavy atom. The van der Waals surface area contributed by atoms with Crippen molar-refractivity contribution in [2.45, 2.75) is 6.18 Å². The number of hydrazone groups is 1. The quantitative estimate of drug-likeness (QED) is 0.145. The monoisotopic (exact) mass is 494 g/mol. The van der Waals surface area contributed by atoms with E-state index in [9.17, 15) is 32.5 Å². The molecule has 0 aliphatic carbocycles. The van der Waals surface area contributed by atoms with Gasteiger partial charge < -0.3 is 0 Å². The number of hydrogen-bond acceptors (Lipinski definition) is 7. The van der Waals surface area contributed by atoms with Gasteiger partial charge in [-0.3, -0.25) is 14.9 Å². The Bertz CT molecular complexity index is 1400. The minimum atomic E-state index is -4.66. The third-order valence-corrected chi connectivity index (χ3v) is 6.21. The summed E-state index contributed by atoms with van der Waals surface area (Å²) in [4.78, 5) is 28.0. The predicted molar refractivity (Wildman–Crippen MR) is 116 cm³/mol. The lowest BCUT2D eigenvalue weighted by Crippen LogP contribution is -2.26. The highest BCUT2D eigenvalue weighted by atomic mass is 32.1. The number of carbonyl (C=O) groups is 1. The van der Waals surface area contributed by atoms with E-state index in [1.807, 2.05) is 0 Å². The molecule has 0 saturated heterocycles. The first-order valence-electron chi connectivity index (χ1n) is 8.98. The van der Waals surface area contributed by atoms with Crippen molar-refractivity contribution >= 4 is 55.1 Å². The number of carbonyl (C=O) groups excluding carboxylic acids is 1. The summed E-state index contributed by atoms with van der Waals surface area (Å²) in [5.41, 5.74) is -0.956. The Balaban J connectivity index is 1.76. The standard InChI is InChI=1S/C20H10F4N4O3S2/c21-13-4-6-15-16(9-13)33-19(26-15)27(25-10-14-5-7-17(32-14)28(30)31)18(29)11-2-1-3-12(8-11)20(22,23)24/h1-10H/b25-10+. The topological polar surface area (TPSA) is 88.7 Å². The fourth-order valence-corrected chi connectivity index (χ4v) is 4.38. The predicted octanol–water partition coefficient (Wildman–Crippen LogP) is 6.10. The normalized spacial score (nSPS) is 11.9. The van der Waals surface area contributed by atoms with Crippen LogP contribution in [0.4, 0.5) is 27.7 Å². The van der Waals surface area contributed by atoms with Gasteiger partial charge in [0.2, 0.25) is 5.13 Å².